The van der Waals surface area contributed by atoms with Crippen LogP contribution in [0.3, 0.4) is 0 Å². The number of fused-ring (bicyclic) bond motifs is 8. The molecular weight excluding hydrogens is 617 g/mol. The van der Waals surface area contributed by atoms with E-state index in [9.17, 15) is 0 Å². The number of nitrogens with zero attached hydrogens (tertiary/aromatic N) is 4. The molecule has 50 heavy (non-hydrogen) atoms. The molecule has 4 aromatic heterocycles. The van der Waals surface area contributed by atoms with Crippen LogP contribution < -0.4 is 0 Å². The largest absolute Gasteiger partial charge is 0.436 e. The summed E-state index contributed by atoms with van der Waals surface area (Å²) in [5.74, 6) is 1.25. The number of benzene rings is 7. The minimum absolute atomic E-state index is 0.623. The minimum atomic E-state index is 0.623. The average molecular weight is 643 g/mol. The van der Waals surface area contributed by atoms with Crippen molar-refractivity contribution in [1.82, 2.24) is 19.1 Å². The molecule has 0 bridgehead atoms. The van der Waals surface area contributed by atoms with Gasteiger partial charge in [0.05, 0.1) is 22.1 Å². The van der Waals surface area contributed by atoms with Gasteiger partial charge in [0, 0.05) is 44.0 Å². The standard InChI is InChI=1S/C44H26N4O2/c1-5-16-37-31(12-1)33-24-27(43-45-35-14-3-7-18-41(35)49-43)20-22-39(33)47(37)29-10-9-11-30(26-29)48-38-17-6-2-13-32(38)34-25-28(21-23-40(34)48)44-46-36-15-4-8-19-42(36)50-44/h1-26H. The predicted octanol–water partition coefficient (Wildman–Crippen LogP) is 11.5. The highest BCUT2D eigenvalue weighted by atomic mass is 16.4. The summed E-state index contributed by atoms with van der Waals surface area (Å²) >= 11 is 0. The van der Waals surface area contributed by atoms with Crippen LogP contribution in [0.25, 0.3) is 100 Å². The highest BCUT2D eigenvalue weighted by molar-refractivity contribution is 6.11. The molecular formula is C44H26N4O2. The monoisotopic (exact) mass is 642 g/mol. The summed E-state index contributed by atoms with van der Waals surface area (Å²) in [5.41, 5.74) is 11.9. The van der Waals surface area contributed by atoms with Crippen LogP contribution in [0, 0.1) is 0 Å². The lowest BCUT2D eigenvalue weighted by molar-refractivity contribution is 0.619. The fourth-order valence-corrected chi connectivity index (χ4v) is 7.53. The van der Waals surface area contributed by atoms with Crippen LogP contribution in [-0.2, 0) is 0 Å². The molecule has 0 amide bonds. The second-order valence-corrected chi connectivity index (χ2v) is 12.7. The first-order valence-corrected chi connectivity index (χ1v) is 16.7. The Labute approximate surface area is 285 Å². The molecule has 0 unspecified atom stereocenters. The third-order valence-electron chi connectivity index (χ3n) is 9.77. The van der Waals surface area contributed by atoms with Crippen molar-refractivity contribution < 1.29 is 8.83 Å². The highest BCUT2D eigenvalue weighted by Gasteiger charge is 2.18. The molecule has 0 radical (unpaired) electrons. The first-order chi connectivity index (χ1) is 24.8. The average Bonchev–Trinajstić information content (AvgIpc) is 3.95. The molecule has 11 rings (SSSR count). The van der Waals surface area contributed by atoms with Crippen molar-refractivity contribution in [1.29, 1.82) is 0 Å². The Morgan fingerprint density at radius 1 is 0.360 bits per heavy atom. The molecule has 0 aliphatic carbocycles. The summed E-state index contributed by atoms with van der Waals surface area (Å²) < 4.78 is 17.0. The lowest BCUT2D eigenvalue weighted by atomic mass is 10.1. The lowest BCUT2D eigenvalue weighted by Gasteiger charge is -2.13. The van der Waals surface area contributed by atoms with Gasteiger partial charge in [-0.2, -0.15) is 0 Å². The summed E-state index contributed by atoms with van der Waals surface area (Å²) in [4.78, 5) is 9.54. The summed E-state index contributed by atoms with van der Waals surface area (Å²) in [5, 5.41) is 4.65. The van der Waals surface area contributed by atoms with Crippen LogP contribution in [0.2, 0.25) is 0 Å². The van der Waals surface area contributed by atoms with E-state index in [0.29, 0.717) is 11.8 Å². The van der Waals surface area contributed by atoms with Gasteiger partial charge in [0.2, 0.25) is 11.8 Å². The molecule has 4 heterocycles. The Morgan fingerprint density at radius 2 is 0.800 bits per heavy atom. The summed E-state index contributed by atoms with van der Waals surface area (Å²) in [6.07, 6.45) is 0. The van der Waals surface area contributed by atoms with Gasteiger partial charge in [-0.15, -0.1) is 0 Å². The Morgan fingerprint density at radius 3 is 1.30 bits per heavy atom. The number of aromatic nitrogens is 4. The van der Waals surface area contributed by atoms with Crippen LogP contribution in [-0.4, -0.2) is 19.1 Å². The normalized spacial score (nSPS) is 12.0. The molecule has 0 aliphatic heterocycles. The maximum atomic E-state index is 6.15. The lowest BCUT2D eigenvalue weighted by Crippen LogP contribution is -1.98. The van der Waals surface area contributed by atoms with Crippen LogP contribution in [0.5, 0.6) is 0 Å². The molecule has 0 saturated heterocycles. The van der Waals surface area contributed by atoms with Crippen LogP contribution in [0.15, 0.2) is 167 Å². The predicted molar refractivity (Wildman–Crippen MR) is 201 cm³/mol. The van der Waals surface area contributed by atoms with Crippen molar-refractivity contribution >= 4 is 65.8 Å². The van der Waals surface area contributed by atoms with E-state index >= 15 is 0 Å². The topological polar surface area (TPSA) is 61.9 Å². The van der Waals surface area contributed by atoms with Gasteiger partial charge >= 0.3 is 0 Å². The zero-order chi connectivity index (χ0) is 32.8. The SMILES string of the molecule is c1cc(-n2c3ccccc3c3cc(-c4nc5ccccc5o4)ccc32)cc(-n2c3ccccc3c3cc(-c4nc5ccccc5o4)ccc32)c1. The zero-order valence-corrected chi connectivity index (χ0v) is 26.6. The highest BCUT2D eigenvalue weighted by Crippen LogP contribution is 2.38. The van der Waals surface area contributed by atoms with Crippen LogP contribution in [0.1, 0.15) is 0 Å². The van der Waals surface area contributed by atoms with Gasteiger partial charge in [-0.05, 0) is 91.0 Å². The van der Waals surface area contributed by atoms with E-state index in [1.54, 1.807) is 0 Å². The maximum absolute atomic E-state index is 6.15. The summed E-state index contributed by atoms with van der Waals surface area (Å²) in [6, 6.07) is 54.7. The van der Waals surface area contributed by atoms with E-state index in [4.69, 9.17) is 18.8 Å². The molecule has 0 fully saturated rings. The van der Waals surface area contributed by atoms with Crippen LogP contribution in [0.4, 0.5) is 0 Å². The smallest absolute Gasteiger partial charge is 0.227 e. The Hall–Kier alpha value is -6.92. The number of hydrogen-bond donors (Lipinski definition) is 0. The van der Waals surface area contributed by atoms with Crippen molar-refractivity contribution in [2.75, 3.05) is 0 Å². The van der Waals surface area contributed by atoms with E-state index in [-0.39, 0.29) is 0 Å². The molecule has 0 aliphatic rings. The third kappa shape index (κ3) is 3.96. The summed E-state index contributed by atoms with van der Waals surface area (Å²) in [7, 11) is 0. The van der Waals surface area contributed by atoms with Gasteiger partial charge < -0.3 is 18.0 Å². The van der Waals surface area contributed by atoms with Gasteiger partial charge in [0.25, 0.3) is 0 Å². The van der Waals surface area contributed by atoms with Gasteiger partial charge in [-0.1, -0.05) is 66.7 Å². The molecule has 0 atom stereocenters. The minimum Gasteiger partial charge on any atom is -0.436 e. The molecule has 11 aromatic rings. The number of oxazole rings is 2. The van der Waals surface area contributed by atoms with Crippen molar-refractivity contribution in [3.8, 4) is 34.3 Å². The number of rotatable bonds is 4. The molecule has 0 spiro atoms. The molecule has 6 heteroatoms. The van der Waals surface area contributed by atoms with Gasteiger partial charge in [-0.25, -0.2) is 9.97 Å². The Bertz CT molecular complexity index is 2850. The molecule has 234 valence electrons. The second kappa shape index (κ2) is 10.3. The first-order valence-electron chi connectivity index (χ1n) is 16.7. The Kier molecular flexibility index (Phi) is 5.57. The van der Waals surface area contributed by atoms with Gasteiger partial charge in [0.1, 0.15) is 11.0 Å². The van der Waals surface area contributed by atoms with Gasteiger partial charge in [0.15, 0.2) is 11.2 Å². The number of para-hydroxylation sites is 6. The van der Waals surface area contributed by atoms with Gasteiger partial charge in [-0.3, -0.25) is 0 Å². The molecule has 0 N–H and O–H groups in total. The van der Waals surface area contributed by atoms with Crippen molar-refractivity contribution in [3.05, 3.63) is 158 Å². The quantitative estimate of drug-likeness (QED) is 0.192. The van der Waals surface area contributed by atoms with Crippen molar-refractivity contribution in [3.63, 3.8) is 0 Å². The molecule has 6 nitrogen and oxygen atoms in total. The zero-order valence-electron chi connectivity index (χ0n) is 26.6. The van der Waals surface area contributed by atoms with E-state index in [1.807, 2.05) is 48.5 Å². The fraction of sp³-hybridized carbons (Fsp3) is 0. The first kappa shape index (κ1) is 27.1. The van der Waals surface area contributed by atoms with E-state index in [1.165, 1.54) is 10.8 Å². The fourth-order valence-electron chi connectivity index (χ4n) is 7.53. The third-order valence-corrected chi connectivity index (χ3v) is 9.77. The Balaban J connectivity index is 1.08. The summed E-state index contributed by atoms with van der Waals surface area (Å²) in [6.45, 7) is 0. The van der Waals surface area contributed by atoms with Crippen molar-refractivity contribution in [2.24, 2.45) is 0 Å². The van der Waals surface area contributed by atoms with Crippen LogP contribution >= 0.6 is 0 Å². The van der Waals surface area contributed by atoms with E-state index in [2.05, 4.69) is 118 Å². The van der Waals surface area contributed by atoms with E-state index in [0.717, 1.165) is 77.5 Å². The molecule has 0 saturated carbocycles. The second-order valence-electron chi connectivity index (χ2n) is 12.7. The number of hydrogen-bond acceptors (Lipinski definition) is 4. The molecule has 7 aromatic carbocycles. The van der Waals surface area contributed by atoms with E-state index < -0.39 is 0 Å². The van der Waals surface area contributed by atoms with Crippen molar-refractivity contribution in [2.45, 2.75) is 0 Å². The maximum Gasteiger partial charge on any atom is 0.227 e.